The average molecular weight is 236 g/mol. The number of rotatable bonds is 4. The highest BCUT2D eigenvalue weighted by Gasteiger charge is 2.12. The Bertz CT molecular complexity index is 348. The molecular weight excluding hydrogens is 215 g/mol. The third kappa shape index (κ3) is 3.79. The van der Waals surface area contributed by atoms with Crippen LogP contribution in [0.2, 0.25) is 0 Å². The van der Waals surface area contributed by atoms with Gasteiger partial charge in [-0.1, -0.05) is 18.6 Å². The molecule has 0 saturated carbocycles. The molecule has 1 unspecified atom stereocenters. The molecule has 0 amide bonds. The third-order valence-corrected chi connectivity index (χ3v) is 3.48. The lowest BCUT2D eigenvalue weighted by molar-refractivity contribution is 0.221. The SMILES string of the molecule is NC(CCN1CCCCC1)c1cccc(F)c1. The lowest BCUT2D eigenvalue weighted by Crippen LogP contribution is -2.32. The first-order valence-electron chi connectivity index (χ1n) is 6.49. The molecule has 17 heavy (non-hydrogen) atoms. The Hall–Kier alpha value is -0.930. The van der Waals surface area contributed by atoms with Gasteiger partial charge < -0.3 is 10.6 Å². The predicted molar refractivity (Wildman–Crippen MR) is 68.2 cm³/mol. The van der Waals surface area contributed by atoms with E-state index in [4.69, 9.17) is 5.73 Å². The van der Waals surface area contributed by atoms with Crippen molar-refractivity contribution in [2.24, 2.45) is 5.73 Å². The molecule has 0 spiro atoms. The molecule has 1 aliphatic heterocycles. The second kappa shape index (κ2) is 6.12. The fraction of sp³-hybridized carbons (Fsp3) is 0.571. The first-order valence-corrected chi connectivity index (χ1v) is 6.49. The van der Waals surface area contributed by atoms with Crippen molar-refractivity contribution in [2.45, 2.75) is 31.7 Å². The second-order valence-corrected chi connectivity index (χ2v) is 4.85. The molecular formula is C14H21FN2. The highest BCUT2D eigenvalue weighted by Crippen LogP contribution is 2.17. The van der Waals surface area contributed by atoms with E-state index in [-0.39, 0.29) is 11.9 Å². The molecule has 3 heteroatoms. The standard InChI is InChI=1S/C14H21FN2/c15-13-6-4-5-12(11-13)14(16)7-10-17-8-2-1-3-9-17/h4-6,11,14H,1-3,7-10,16H2. The van der Waals surface area contributed by atoms with Gasteiger partial charge in [0.2, 0.25) is 0 Å². The number of benzene rings is 1. The van der Waals surface area contributed by atoms with Crippen molar-refractivity contribution < 1.29 is 4.39 Å². The summed E-state index contributed by atoms with van der Waals surface area (Å²) < 4.78 is 13.1. The van der Waals surface area contributed by atoms with Gasteiger partial charge in [-0.15, -0.1) is 0 Å². The van der Waals surface area contributed by atoms with Crippen molar-refractivity contribution in [1.82, 2.24) is 4.90 Å². The number of hydrogen-bond donors (Lipinski definition) is 1. The van der Waals surface area contributed by atoms with Gasteiger partial charge in [0.25, 0.3) is 0 Å². The molecule has 1 fully saturated rings. The van der Waals surface area contributed by atoms with Gasteiger partial charge >= 0.3 is 0 Å². The summed E-state index contributed by atoms with van der Waals surface area (Å²) in [6.07, 6.45) is 4.86. The van der Waals surface area contributed by atoms with Crippen molar-refractivity contribution in [1.29, 1.82) is 0 Å². The molecule has 1 aliphatic rings. The zero-order valence-corrected chi connectivity index (χ0v) is 10.2. The average Bonchev–Trinajstić information content (AvgIpc) is 2.37. The highest BCUT2D eigenvalue weighted by molar-refractivity contribution is 5.19. The molecule has 0 aromatic heterocycles. The molecule has 1 atom stereocenters. The number of piperidine rings is 1. The summed E-state index contributed by atoms with van der Waals surface area (Å²) in [6, 6.07) is 6.59. The Kier molecular flexibility index (Phi) is 4.51. The Morgan fingerprint density at radius 2 is 2.00 bits per heavy atom. The quantitative estimate of drug-likeness (QED) is 0.871. The van der Waals surface area contributed by atoms with Gasteiger partial charge in [-0.3, -0.25) is 0 Å². The smallest absolute Gasteiger partial charge is 0.123 e. The number of nitrogens with zero attached hydrogens (tertiary/aromatic N) is 1. The Labute approximate surface area is 103 Å². The normalized spacial score (nSPS) is 19.2. The largest absolute Gasteiger partial charge is 0.324 e. The maximum absolute atomic E-state index is 13.1. The van der Waals surface area contributed by atoms with Crippen LogP contribution in [0.5, 0.6) is 0 Å². The second-order valence-electron chi connectivity index (χ2n) is 4.85. The van der Waals surface area contributed by atoms with E-state index in [9.17, 15) is 4.39 Å². The molecule has 1 saturated heterocycles. The van der Waals surface area contributed by atoms with Crippen molar-refractivity contribution in [3.05, 3.63) is 35.6 Å². The van der Waals surface area contributed by atoms with Crippen LogP contribution in [0.25, 0.3) is 0 Å². The summed E-state index contributed by atoms with van der Waals surface area (Å²) in [5, 5.41) is 0. The molecule has 94 valence electrons. The Morgan fingerprint density at radius 3 is 2.71 bits per heavy atom. The van der Waals surface area contributed by atoms with Crippen molar-refractivity contribution in [3.8, 4) is 0 Å². The fourth-order valence-electron chi connectivity index (χ4n) is 2.41. The van der Waals surface area contributed by atoms with Gasteiger partial charge in [-0.2, -0.15) is 0 Å². The molecule has 0 radical (unpaired) electrons. The molecule has 2 rings (SSSR count). The lowest BCUT2D eigenvalue weighted by atomic mass is 10.0. The van der Waals surface area contributed by atoms with E-state index in [1.54, 1.807) is 12.1 Å². The molecule has 2 nitrogen and oxygen atoms in total. The van der Waals surface area contributed by atoms with Crippen molar-refractivity contribution >= 4 is 0 Å². The van der Waals surface area contributed by atoms with Crippen LogP contribution < -0.4 is 5.73 Å². The topological polar surface area (TPSA) is 29.3 Å². The predicted octanol–water partition coefficient (Wildman–Crippen LogP) is 2.70. The van der Waals surface area contributed by atoms with Crippen LogP contribution in [0.15, 0.2) is 24.3 Å². The van der Waals surface area contributed by atoms with Crippen LogP contribution in [0.4, 0.5) is 4.39 Å². The summed E-state index contributed by atoms with van der Waals surface area (Å²) >= 11 is 0. The van der Waals surface area contributed by atoms with E-state index >= 15 is 0 Å². The fourth-order valence-corrected chi connectivity index (χ4v) is 2.41. The van der Waals surface area contributed by atoms with Crippen LogP contribution >= 0.6 is 0 Å². The van der Waals surface area contributed by atoms with E-state index in [0.29, 0.717) is 0 Å². The minimum absolute atomic E-state index is 0.0485. The van der Waals surface area contributed by atoms with Crippen molar-refractivity contribution in [3.63, 3.8) is 0 Å². The van der Waals surface area contributed by atoms with Gasteiger partial charge in [-0.05, 0) is 56.6 Å². The van der Waals surface area contributed by atoms with Crippen LogP contribution in [0.3, 0.4) is 0 Å². The van der Waals surface area contributed by atoms with Crippen LogP contribution in [-0.2, 0) is 0 Å². The molecule has 0 bridgehead atoms. The van der Waals surface area contributed by atoms with Gasteiger partial charge in [-0.25, -0.2) is 4.39 Å². The van der Waals surface area contributed by atoms with E-state index in [2.05, 4.69) is 4.90 Å². The van der Waals surface area contributed by atoms with E-state index in [0.717, 1.165) is 18.5 Å². The van der Waals surface area contributed by atoms with Gasteiger partial charge in [0.05, 0.1) is 0 Å². The zero-order valence-electron chi connectivity index (χ0n) is 10.2. The maximum atomic E-state index is 13.1. The summed E-state index contributed by atoms with van der Waals surface area (Å²) in [5.41, 5.74) is 6.99. The molecule has 1 aromatic rings. The first kappa shape index (κ1) is 12.5. The van der Waals surface area contributed by atoms with Gasteiger partial charge in [0, 0.05) is 6.04 Å². The van der Waals surface area contributed by atoms with E-state index < -0.39 is 0 Å². The zero-order chi connectivity index (χ0) is 12.1. The van der Waals surface area contributed by atoms with Crippen LogP contribution in [0, 0.1) is 5.82 Å². The maximum Gasteiger partial charge on any atom is 0.123 e. The third-order valence-electron chi connectivity index (χ3n) is 3.48. The van der Waals surface area contributed by atoms with Gasteiger partial charge in [0.15, 0.2) is 0 Å². The van der Waals surface area contributed by atoms with Crippen LogP contribution in [0.1, 0.15) is 37.3 Å². The summed E-state index contributed by atoms with van der Waals surface area (Å²) in [5.74, 6) is -0.198. The summed E-state index contributed by atoms with van der Waals surface area (Å²) in [6.45, 7) is 3.41. The Morgan fingerprint density at radius 1 is 1.24 bits per heavy atom. The molecule has 0 aliphatic carbocycles. The number of halogens is 1. The summed E-state index contributed by atoms with van der Waals surface area (Å²) in [4.78, 5) is 2.46. The Balaban J connectivity index is 1.82. The van der Waals surface area contributed by atoms with E-state index in [1.807, 2.05) is 6.07 Å². The van der Waals surface area contributed by atoms with Crippen LogP contribution in [-0.4, -0.2) is 24.5 Å². The number of nitrogens with two attached hydrogens (primary N) is 1. The molecule has 1 aromatic carbocycles. The summed E-state index contributed by atoms with van der Waals surface area (Å²) in [7, 11) is 0. The van der Waals surface area contributed by atoms with Gasteiger partial charge in [0.1, 0.15) is 5.82 Å². The lowest BCUT2D eigenvalue weighted by Gasteiger charge is -2.27. The van der Waals surface area contributed by atoms with E-state index in [1.165, 1.54) is 38.4 Å². The molecule has 2 N–H and O–H groups in total. The monoisotopic (exact) mass is 236 g/mol. The van der Waals surface area contributed by atoms with Crippen molar-refractivity contribution in [2.75, 3.05) is 19.6 Å². The highest BCUT2D eigenvalue weighted by atomic mass is 19.1. The number of likely N-dealkylation sites (tertiary alicyclic amines) is 1. The number of hydrogen-bond acceptors (Lipinski definition) is 2. The minimum Gasteiger partial charge on any atom is -0.324 e. The molecule has 1 heterocycles. The first-order chi connectivity index (χ1) is 8.25. The minimum atomic E-state index is -0.198.